The monoisotopic (exact) mass is 513 g/mol. The number of nitrogens with zero attached hydrogens (tertiary/aromatic N) is 5. The number of benzene rings is 3. The molecule has 0 bridgehead atoms. The van der Waals surface area contributed by atoms with E-state index >= 15 is 0 Å². The maximum Gasteiger partial charge on any atom is 0.230 e. The van der Waals surface area contributed by atoms with Crippen LogP contribution in [0.25, 0.3) is 4.96 Å². The third-order valence-corrected chi connectivity index (χ3v) is 8.10. The second-order valence-corrected chi connectivity index (χ2v) is 10.4. The first-order valence-electron chi connectivity index (χ1n) is 12.5. The van der Waals surface area contributed by atoms with E-state index in [0.717, 1.165) is 36.6 Å². The summed E-state index contributed by atoms with van der Waals surface area (Å²) in [6.07, 6.45) is 0. The number of rotatable bonds is 6. The second-order valence-electron chi connectivity index (χ2n) is 9.40. The van der Waals surface area contributed by atoms with Crippen molar-refractivity contribution in [3.8, 4) is 5.88 Å². The van der Waals surface area contributed by atoms with Crippen molar-refractivity contribution in [2.45, 2.75) is 19.0 Å². The molecule has 0 saturated carbocycles. The van der Waals surface area contributed by atoms with Crippen molar-refractivity contribution in [2.75, 3.05) is 26.2 Å². The number of hydrogen-bond donors (Lipinski definition) is 1. The molecule has 0 spiro atoms. The Kier molecular flexibility index (Phi) is 6.46. The molecule has 6 rings (SSSR count). The summed E-state index contributed by atoms with van der Waals surface area (Å²) in [5.74, 6) is 0.393. The van der Waals surface area contributed by atoms with Crippen molar-refractivity contribution < 1.29 is 9.50 Å². The largest absolute Gasteiger partial charge is 0.492 e. The number of hydrogen-bond acceptors (Lipinski definition) is 6. The Bertz CT molecular complexity index is 1460. The van der Waals surface area contributed by atoms with Crippen LogP contribution in [0.1, 0.15) is 39.5 Å². The van der Waals surface area contributed by atoms with Gasteiger partial charge in [0.2, 0.25) is 10.8 Å². The van der Waals surface area contributed by atoms with E-state index in [-0.39, 0.29) is 23.8 Å². The lowest BCUT2D eigenvalue weighted by molar-refractivity contribution is 0.0898. The number of thiazole rings is 1. The van der Waals surface area contributed by atoms with Gasteiger partial charge in [0.15, 0.2) is 0 Å². The summed E-state index contributed by atoms with van der Waals surface area (Å²) in [5, 5.41) is 15.5. The van der Waals surface area contributed by atoms with E-state index in [0.29, 0.717) is 10.8 Å². The van der Waals surface area contributed by atoms with Gasteiger partial charge in [-0.15, -0.1) is 5.10 Å². The van der Waals surface area contributed by atoms with Gasteiger partial charge in [-0.1, -0.05) is 84.1 Å². The third kappa shape index (κ3) is 4.64. The van der Waals surface area contributed by atoms with Crippen LogP contribution in [0.3, 0.4) is 0 Å². The van der Waals surface area contributed by atoms with E-state index in [9.17, 15) is 9.50 Å². The minimum Gasteiger partial charge on any atom is -0.492 e. The summed E-state index contributed by atoms with van der Waals surface area (Å²) in [7, 11) is 0. The summed E-state index contributed by atoms with van der Waals surface area (Å²) < 4.78 is 15.8. The maximum atomic E-state index is 14.3. The highest BCUT2D eigenvalue weighted by Gasteiger charge is 2.34. The Labute approximate surface area is 219 Å². The van der Waals surface area contributed by atoms with E-state index < -0.39 is 0 Å². The Balaban J connectivity index is 1.32. The highest BCUT2D eigenvalue weighted by atomic mass is 32.1. The van der Waals surface area contributed by atoms with Gasteiger partial charge in [-0.3, -0.25) is 9.80 Å². The van der Waals surface area contributed by atoms with Crippen molar-refractivity contribution in [1.29, 1.82) is 0 Å². The van der Waals surface area contributed by atoms with Crippen LogP contribution in [-0.2, 0) is 0 Å². The zero-order valence-electron chi connectivity index (χ0n) is 20.5. The highest BCUT2D eigenvalue weighted by molar-refractivity contribution is 7.17. The van der Waals surface area contributed by atoms with Crippen LogP contribution in [0.5, 0.6) is 5.88 Å². The van der Waals surface area contributed by atoms with E-state index in [1.165, 1.54) is 33.0 Å². The summed E-state index contributed by atoms with van der Waals surface area (Å²) in [6.45, 7) is 5.01. The number of fused-ring (bicyclic) bond motifs is 1. The Morgan fingerprint density at radius 1 is 0.784 bits per heavy atom. The fraction of sp³-hybridized carbons (Fsp3) is 0.241. The van der Waals surface area contributed by atoms with Crippen molar-refractivity contribution in [1.82, 2.24) is 24.4 Å². The average molecular weight is 514 g/mol. The quantitative estimate of drug-likeness (QED) is 0.328. The molecule has 37 heavy (non-hydrogen) atoms. The molecule has 0 amide bonds. The first-order valence-corrected chi connectivity index (χ1v) is 13.3. The Hall–Kier alpha value is -3.59. The van der Waals surface area contributed by atoms with E-state index in [4.69, 9.17) is 0 Å². The zero-order valence-corrected chi connectivity index (χ0v) is 21.4. The van der Waals surface area contributed by atoms with E-state index in [1.54, 1.807) is 19.1 Å². The van der Waals surface area contributed by atoms with Crippen molar-refractivity contribution >= 4 is 16.3 Å². The molecule has 3 aromatic carbocycles. The van der Waals surface area contributed by atoms with Gasteiger partial charge in [0.1, 0.15) is 11.6 Å². The molecule has 6 nitrogen and oxygen atoms in total. The van der Waals surface area contributed by atoms with Crippen molar-refractivity contribution in [2.24, 2.45) is 0 Å². The van der Waals surface area contributed by atoms with Crippen LogP contribution < -0.4 is 0 Å². The molecule has 2 aromatic heterocycles. The standard InChI is InChI=1S/C29H28FN5OS/c1-20-31-29-35(32-20)28(36)27(37-29)26(23-13-8-14-24(30)19-23)34-17-15-33(16-18-34)25(21-9-4-2-5-10-21)22-11-6-3-7-12-22/h2-14,19,25-26,36H,15-18H2,1H3/t26-/m0/s1. The Morgan fingerprint density at radius 3 is 1.92 bits per heavy atom. The fourth-order valence-electron chi connectivity index (χ4n) is 5.37. The zero-order chi connectivity index (χ0) is 25.4. The van der Waals surface area contributed by atoms with Gasteiger partial charge in [-0.25, -0.2) is 9.37 Å². The Morgan fingerprint density at radius 2 is 1.35 bits per heavy atom. The second kappa shape index (κ2) is 10.0. The van der Waals surface area contributed by atoms with Gasteiger partial charge in [0, 0.05) is 26.2 Å². The van der Waals surface area contributed by atoms with Gasteiger partial charge in [0.05, 0.1) is 17.0 Å². The number of aromatic hydroxyl groups is 1. The summed E-state index contributed by atoms with van der Waals surface area (Å²) in [4.78, 5) is 10.7. The summed E-state index contributed by atoms with van der Waals surface area (Å²) in [5.41, 5.74) is 3.34. The molecule has 8 heteroatoms. The molecule has 188 valence electrons. The molecular formula is C29H28FN5OS. The molecule has 0 unspecified atom stereocenters. The van der Waals surface area contributed by atoms with E-state index in [1.807, 2.05) is 18.2 Å². The minimum atomic E-state index is -0.293. The molecule has 1 fully saturated rings. The molecule has 1 aliphatic heterocycles. The molecule has 3 heterocycles. The summed E-state index contributed by atoms with van der Waals surface area (Å²) >= 11 is 1.41. The summed E-state index contributed by atoms with van der Waals surface area (Å²) in [6, 6.07) is 27.8. The highest BCUT2D eigenvalue weighted by Crippen LogP contribution is 2.41. The van der Waals surface area contributed by atoms with Gasteiger partial charge in [0.25, 0.3) is 0 Å². The smallest absolute Gasteiger partial charge is 0.230 e. The normalized spacial score (nSPS) is 16.0. The molecule has 1 atom stereocenters. The van der Waals surface area contributed by atoms with Gasteiger partial charge >= 0.3 is 0 Å². The molecule has 0 aliphatic carbocycles. The SMILES string of the molecule is Cc1nc2sc([C@H](c3cccc(F)c3)N3CCN(C(c4ccccc4)c4ccccc4)CC3)c(O)n2n1. The van der Waals surface area contributed by atoms with E-state index in [2.05, 4.69) is 68.4 Å². The fourth-order valence-corrected chi connectivity index (χ4v) is 6.53. The van der Waals surface area contributed by atoms with Crippen LogP contribution in [-0.4, -0.2) is 55.7 Å². The third-order valence-electron chi connectivity index (χ3n) is 7.03. The first-order chi connectivity index (χ1) is 18.1. The predicted octanol–water partition coefficient (Wildman–Crippen LogP) is 5.44. The number of piperazine rings is 1. The van der Waals surface area contributed by atoms with Gasteiger partial charge in [-0.05, 0) is 35.7 Å². The van der Waals surface area contributed by atoms with Gasteiger partial charge in [-0.2, -0.15) is 4.52 Å². The van der Waals surface area contributed by atoms with Crippen molar-refractivity contribution in [3.05, 3.63) is 118 Å². The van der Waals surface area contributed by atoms with Crippen LogP contribution in [0.2, 0.25) is 0 Å². The predicted molar refractivity (Wildman–Crippen MR) is 143 cm³/mol. The number of aryl methyl sites for hydroxylation is 1. The molecule has 0 radical (unpaired) electrons. The molecular weight excluding hydrogens is 485 g/mol. The molecule has 1 aliphatic rings. The van der Waals surface area contributed by atoms with Crippen LogP contribution in [0.4, 0.5) is 4.39 Å². The number of halogens is 1. The van der Waals surface area contributed by atoms with Gasteiger partial charge < -0.3 is 5.11 Å². The lowest BCUT2D eigenvalue weighted by Crippen LogP contribution is -2.49. The molecule has 1 saturated heterocycles. The number of aromatic nitrogens is 3. The molecule has 1 N–H and O–H groups in total. The first kappa shape index (κ1) is 23.8. The minimum absolute atomic E-state index is 0.0729. The van der Waals surface area contributed by atoms with Crippen molar-refractivity contribution in [3.63, 3.8) is 0 Å². The molecule has 5 aromatic rings. The van der Waals surface area contributed by atoms with Crippen LogP contribution in [0, 0.1) is 12.7 Å². The van der Waals surface area contributed by atoms with Crippen LogP contribution >= 0.6 is 11.3 Å². The maximum absolute atomic E-state index is 14.3. The average Bonchev–Trinajstić information content (AvgIpc) is 3.43. The lowest BCUT2D eigenvalue weighted by atomic mass is 9.96. The topological polar surface area (TPSA) is 56.9 Å². The van der Waals surface area contributed by atoms with Crippen LogP contribution in [0.15, 0.2) is 84.9 Å². The lowest BCUT2D eigenvalue weighted by Gasteiger charge is -2.42.